The van der Waals surface area contributed by atoms with Crippen LogP contribution < -0.4 is 5.73 Å². The molecule has 92 valence electrons. The van der Waals surface area contributed by atoms with Crippen LogP contribution in [0.5, 0.6) is 0 Å². The first-order chi connectivity index (χ1) is 7.61. The van der Waals surface area contributed by atoms with Crippen molar-refractivity contribution in [2.75, 3.05) is 13.7 Å². The van der Waals surface area contributed by atoms with Gasteiger partial charge in [-0.25, -0.2) is 0 Å². The van der Waals surface area contributed by atoms with Gasteiger partial charge in [-0.1, -0.05) is 6.92 Å². The number of methoxy groups -OCH3 is 1. The summed E-state index contributed by atoms with van der Waals surface area (Å²) in [6, 6.07) is 1.56. The maximum absolute atomic E-state index is 11.4. The third-order valence-corrected chi connectivity index (χ3v) is 4.01. The second-order valence-electron chi connectivity index (χ2n) is 5.24. The summed E-state index contributed by atoms with van der Waals surface area (Å²) >= 11 is 0. The zero-order valence-electron chi connectivity index (χ0n) is 10.2. The lowest BCUT2D eigenvalue weighted by Gasteiger charge is -2.38. The van der Waals surface area contributed by atoms with Gasteiger partial charge in [0.05, 0.1) is 13.0 Å². The Balaban J connectivity index is 1.93. The minimum Gasteiger partial charge on any atom is -0.469 e. The Morgan fingerprint density at radius 3 is 2.50 bits per heavy atom. The van der Waals surface area contributed by atoms with Crippen LogP contribution in [0.1, 0.15) is 32.6 Å². The summed E-state index contributed by atoms with van der Waals surface area (Å²) in [5, 5.41) is 0. The second kappa shape index (κ2) is 4.72. The number of nitrogens with zero attached hydrogens (tertiary/aromatic N) is 1. The topological polar surface area (TPSA) is 55.6 Å². The van der Waals surface area contributed by atoms with Crippen LogP contribution in [0.2, 0.25) is 0 Å². The van der Waals surface area contributed by atoms with E-state index in [1.165, 1.54) is 20.0 Å². The highest BCUT2D eigenvalue weighted by atomic mass is 16.5. The molecule has 2 aliphatic rings. The molecule has 2 aliphatic heterocycles. The summed E-state index contributed by atoms with van der Waals surface area (Å²) < 4.78 is 4.78. The largest absolute Gasteiger partial charge is 0.469 e. The van der Waals surface area contributed by atoms with E-state index in [0.717, 1.165) is 19.4 Å². The van der Waals surface area contributed by atoms with Gasteiger partial charge in [0.15, 0.2) is 0 Å². The van der Waals surface area contributed by atoms with Gasteiger partial charge in [-0.15, -0.1) is 0 Å². The van der Waals surface area contributed by atoms with Gasteiger partial charge in [0.2, 0.25) is 0 Å². The molecule has 3 atom stereocenters. The molecule has 2 saturated heterocycles. The van der Waals surface area contributed by atoms with Gasteiger partial charge in [-0.05, 0) is 25.7 Å². The number of rotatable bonds is 3. The Hall–Kier alpha value is -0.610. The summed E-state index contributed by atoms with van der Waals surface area (Å²) in [5.41, 5.74) is 6.02. The van der Waals surface area contributed by atoms with Gasteiger partial charge < -0.3 is 10.5 Å². The number of piperidine rings is 1. The molecule has 0 amide bonds. The van der Waals surface area contributed by atoms with Gasteiger partial charge in [0.1, 0.15) is 0 Å². The third-order valence-electron chi connectivity index (χ3n) is 4.01. The molecule has 4 nitrogen and oxygen atoms in total. The monoisotopic (exact) mass is 226 g/mol. The molecule has 0 radical (unpaired) electrons. The van der Waals surface area contributed by atoms with E-state index in [0.29, 0.717) is 18.1 Å². The minimum atomic E-state index is -0.103. The average molecular weight is 226 g/mol. The molecule has 2 fully saturated rings. The van der Waals surface area contributed by atoms with Crippen LogP contribution >= 0.6 is 0 Å². The molecule has 2 N–H and O–H groups in total. The molecule has 2 heterocycles. The van der Waals surface area contributed by atoms with Crippen LogP contribution in [-0.4, -0.2) is 42.6 Å². The number of carbonyl (C=O) groups is 1. The smallest absolute Gasteiger partial charge is 0.309 e. The summed E-state index contributed by atoms with van der Waals surface area (Å²) in [6.07, 6.45) is 4.66. The quantitative estimate of drug-likeness (QED) is 0.721. The summed E-state index contributed by atoms with van der Waals surface area (Å²) in [4.78, 5) is 13.9. The Morgan fingerprint density at radius 1 is 1.44 bits per heavy atom. The van der Waals surface area contributed by atoms with Crippen molar-refractivity contribution in [2.24, 2.45) is 11.7 Å². The highest BCUT2D eigenvalue weighted by molar-refractivity contribution is 5.72. The van der Waals surface area contributed by atoms with Crippen LogP contribution in [0, 0.1) is 5.92 Å². The molecule has 4 heteroatoms. The van der Waals surface area contributed by atoms with Crippen molar-refractivity contribution in [1.29, 1.82) is 0 Å². The predicted molar refractivity (Wildman–Crippen MR) is 61.9 cm³/mol. The van der Waals surface area contributed by atoms with Gasteiger partial charge in [-0.3, -0.25) is 9.69 Å². The van der Waals surface area contributed by atoms with E-state index >= 15 is 0 Å². The first-order valence-corrected chi connectivity index (χ1v) is 6.21. The van der Waals surface area contributed by atoms with Gasteiger partial charge in [0, 0.05) is 24.7 Å². The predicted octanol–water partition coefficient (Wildman–Crippen LogP) is 0.750. The zero-order chi connectivity index (χ0) is 11.7. The van der Waals surface area contributed by atoms with Crippen molar-refractivity contribution >= 4 is 5.97 Å². The molecule has 0 aliphatic carbocycles. The van der Waals surface area contributed by atoms with Crippen molar-refractivity contribution in [1.82, 2.24) is 4.90 Å². The van der Waals surface area contributed by atoms with Gasteiger partial charge >= 0.3 is 5.97 Å². The fraction of sp³-hybridized carbons (Fsp3) is 0.917. The van der Waals surface area contributed by atoms with E-state index < -0.39 is 0 Å². The molecule has 3 unspecified atom stereocenters. The number of fused-ring (bicyclic) bond motifs is 2. The van der Waals surface area contributed by atoms with E-state index in [-0.39, 0.29) is 11.9 Å². The highest BCUT2D eigenvalue weighted by Crippen LogP contribution is 2.35. The Kier molecular flexibility index (Phi) is 3.50. The van der Waals surface area contributed by atoms with Crippen LogP contribution in [0.4, 0.5) is 0 Å². The molecule has 2 bridgehead atoms. The van der Waals surface area contributed by atoms with Gasteiger partial charge in [0.25, 0.3) is 0 Å². The lowest BCUT2D eigenvalue weighted by atomic mass is 9.97. The van der Waals surface area contributed by atoms with E-state index in [2.05, 4.69) is 4.90 Å². The summed E-state index contributed by atoms with van der Waals surface area (Å²) in [5.74, 6) is -0.128. The van der Waals surface area contributed by atoms with E-state index in [9.17, 15) is 4.79 Å². The maximum atomic E-state index is 11.4. The summed E-state index contributed by atoms with van der Waals surface area (Å²) in [6.45, 7) is 2.77. The van der Waals surface area contributed by atoms with Crippen molar-refractivity contribution < 1.29 is 9.53 Å². The molecule has 0 aromatic heterocycles. The van der Waals surface area contributed by atoms with Crippen LogP contribution in [0.25, 0.3) is 0 Å². The molecule has 0 spiro atoms. The first-order valence-electron chi connectivity index (χ1n) is 6.21. The van der Waals surface area contributed by atoms with Crippen LogP contribution in [0.3, 0.4) is 0 Å². The molecular formula is C12H22N2O2. The number of nitrogens with two attached hydrogens (primary N) is 1. The molecule has 0 saturated carbocycles. The number of carbonyl (C=O) groups excluding carboxylic acids is 1. The number of ether oxygens (including phenoxy) is 1. The molecular weight excluding hydrogens is 204 g/mol. The first kappa shape index (κ1) is 11.9. The van der Waals surface area contributed by atoms with E-state index in [4.69, 9.17) is 10.5 Å². The molecule has 0 aromatic rings. The standard InChI is InChI=1S/C12H22N2O2/c1-8(12(15)16-2)7-14-10-3-4-11(14)6-9(13)5-10/h8-11H,3-7,13H2,1-2H3. The van der Waals surface area contributed by atoms with Crippen molar-refractivity contribution in [2.45, 2.75) is 50.7 Å². The third kappa shape index (κ3) is 2.23. The Bertz CT molecular complexity index is 256. The van der Waals surface area contributed by atoms with Crippen LogP contribution in [0.15, 0.2) is 0 Å². The molecule has 0 aromatic carbocycles. The average Bonchev–Trinajstić information content (AvgIpc) is 2.51. The SMILES string of the molecule is COC(=O)C(C)CN1C2CCC1CC(N)C2. The highest BCUT2D eigenvalue weighted by Gasteiger charge is 2.40. The Labute approximate surface area is 97.1 Å². The van der Waals surface area contributed by atoms with Crippen molar-refractivity contribution in [3.05, 3.63) is 0 Å². The lowest BCUT2D eigenvalue weighted by Crippen LogP contribution is -2.49. The Morgan fingerprint density at radius 2 is 2.00 bits per heavy atom. The normalized spacial score (nSPS) is 36.1. The van der Waals surface area contributed by atoms with E-state index in [1.807, 2.05) is 6.92 Å². The van der Waals surface area contributed by atoms with Crippen molar-refractivity contribution in [3.63, 3.8) is 0 Å². The second-order valence-corrected chi connectivity index (χ2v) is 5.24. The molecule has 16 heavy (non-hydrogen) atoms. The van der Waals surface area contributed by atoms with E-state index in [1.54, 1.807) is 0 Å². The fourth-order valence-corrected chi connectivity index (χ4v) is 3.21. The maximum Gasteiger partial charge on any atom is 0.309 e. The summed E-state index contributed by atoms with van der Waals surface area (Å²) in [7, 11) is 1.46. The lowest BCUT2D eigenvalue weighted by molar-refractivity contribution is -0.145. The fourth-order valence-electron chi connectivity index (χ4n) is 3.21. The molecule has 2 rings (SSSR count). The van der Waals surface area contributed by atoms with Crippen molar-refractivity contribution in [3.8, 4) is 0 Å². The number of hydrogen-bond acceptors (Lipinski definition) is 4. The number of esters is 1. The number of hydrogen-bond donors (Lipinski definition) is 1. The zero-order valence-corrected chi connectivity index (χ0v) is 10.2. The van der Waals surface area contributed by atoms with Gasteiger partial charge in [-0.2, -0.15) is 0 Å². The van der Waals surface area contributed by atoms with Crippen LogP contribution in [-0.2, 0) is 9.53 Å². The minimum absolute atomic E-state index is 0.0255.